The van der Waals surface area contributed by atoms with Crippen molar-refractivity contribution in [3.63, 3.8) is 0 Å². The van der Waals surface area contributed by atoms with Gasteiger partial charge in [-0.05, 0) is 37.1 Å². The minimum Gasteiger partial charge on any atom is -0.453 e. The van der Waals surface area contributed by atoms with Crippen LogP contribution >= 0.6 is 11.6 Å². The van der Waals surface area contributed by atoms with Crippen LogP contribution in [0.5, 0.6) is 0 Å². The van der Waals surface area contributed by atoms with Gasteiger partial charge < -0.3 is 14.8 Å². The zero-order valence-electron chi connectivity index (χ0n) is 12.1. The van der Waals surface area contributed by atoms with Crippen LogP contribution in [0.1, 0.15) is 18.4 Å². The number of halogens is 1. The highest BCUT2D eigenvalue weighted by atomic mass is 35.5. The third-order valence-electron chi connectivity index (χ3n) is 3.01. The molecule has 0 radical (unpaired) electrons. The molecule has 1 heterocycles. The standard InChI is InChI=1S/C14H18ClN3O3/c1-10-8-11(18-9-21-14(17-18)20-2)5-6-12(10)16-13(19)4-3-7-15/h5-6,8H,3-4,7,9H2,1-2H3,(H,16,19). The van der Waals surface area contributed by atoms with Crippen molar-refractivity contribution in [2.45, 2.75) is 19.8 Å². The van der Waals surface area contributed by atoms with Crippen LogP contribution in [-0.2, 0) is 14.3 Å². The number of anilines is 2. The first kappa shape index (κ1) is 15.4. The molecule has 0 aromatic heterocycles. The van der Waals surface area contributed by atoms with Crippen LogP contribution in [0, 0.1) is 6.92 Å². The highest BCUT2D eigenvalue weighted by Gasteiger charge is 2.18. The molecule has 2 rings (SSSR count). The molecule has 21 heavy (non-hydrogen) atoms. The Kier molecular flexibility index (Phi) is 5.27. The third-order valence-corrected chi connectivity index (χ3v) is 3.27. The van der Waals surface area contributed by atoms with Gasteiger partial charge in [-0.1, -0.05) is 5.10 Å². The van der Waals surface area contributed by atoms with Gasteiger partial charge in [0.1, 0.15) is 0 Å². The van der Waals surface area contributed by atoms with E-state index in [2.05, 4.69) is 10.4 Å². The number of ether oxygens (including phenoxy) is 2. The van der Waals surface area contributed by atoms with Crippen LogP contribution in [0.2, 0.25) is 0 Å². The molecule has 1 N–H and O–H groups in total. The molecule has 114 valence electrons. The van der Waals surface area contributed by atoms with E-state index in [4.69, 9.17) is 21.1 Å². The van der Waals surface area contributed by atoms with Crippen LogP contribution in [0.3, 0.4) is 0 Å². The third kappa shape index (κ3) is 4.01. The number of carbonyl (C=O) groups is 1. The summed E-state index contributed by atoms with van der Waals surface area (Å²) in [7, 11) is 1.51. The number of hydrogen-bond donors (Lipinski definition) is 1. The van der Waals surface area contributed by atoms with Crippen molar-refractivity contribution in [1.82, 2.24) is 0 Å². The quantitative estimate of drug-likeness (QED) is 0.849. The summed E-state index contributed by atoms with van der Waals surface area (Å²) in [4.78, 5) is 11.7. The van der Waals surface area contributed by atoms with E-state index in [1.807, 2.05) is 25.1 Å². The number of amides is 1. The minimum absolute atomic E-state index is 0.0318. The summed E-state index contributed by atoms with van der Waals surface area (Å²) < 4.78 is 10.1. The molecule has 1 aromatic carbocycles. The zero-order valence-corrected chi connectivity index (χ0v) is 12.8. The average molecular weight is 312 g/mol. The van der Waals surface area contributed by atoms with Gasteiger partial charge in [0.05, 0.1) is 12.8 Å². The lowest BCUT2D eigenvalue weighted by Crippen LogP contribution is -2.15. The van der Waals surface area contributed by atoms with E-state index in [1.165, 1.54) is 7.11 Å². The van der Waals surface area contributed by atoms with Gasteiger partial charge in [-0.2, -0.15) is 0 Å². The topological polar surface area (TPSA) is 63.2 Å². The summed E-state index contributed by atoms with van der Waals surface area (Å²) in [5, 5.41) is 8.71. The number of benzene rings is 1. The van der Waals surface area contributed by atoms with E-state index in [-0.39, 0.29) is 12.0 Å². The summed E-state index contributed by atoms with van der Waals surface area (Å²) in [6.07, 6.45) is 1.34. The summed E-state index contributed by atoms with van der Waals surface area (Å²) in [5.41, 5.74) is 2.61. The molecule has 1 aliphatic heterocycles. The molecule has 0 aliphatic carbocycles. The van der Waals surface area contributed by atoms with Crippen molar-refractivity contribution in [3.05, 3.63) is 23.8 Å². The Morgan fingerprint density at radius 3 is 3.00 bits per heavy atom. The van der Waals surface area contributed by atoms with Crippen molar-refractivity contribution in [2.75, 3.05) is 30.0 Å². The van der Waals surface area contributed by atoms with Gasteiger partial charge in [0.15, 0.2) is 6.73 Å². The van der Waals surface area contributed by atoms with Gasteiger partial charge in [-0.3, -0.25) is 4.79 Å². The SMILES string of the molecule is COC1=NN(c2ccc(NC(=O)CCCCl)c(C)c2)CO1. The lowest BCUT2D eigenvalue weighted by Gasteiger charge is -2.14. The van der Waals surface area contributed by atoms with Crippen LogP contribution in [-0.4, -0.2) is 31.7 Å². The molecule has 1 aromatic rings. The Bertz CT molecular complexity index is 548. The Hall–Kier alpha value is -1.95. The van der Waals surface area contributed by atoms with Crippen molar-refractivity contribution in [2.24, 2.45) is 5.10 Å². The molecule has 7 heteroatoms. The van der Waals surface area contributed by atoms with Gasteiger partial charge in [-0.25, -0.2) is 5.01 Å². The summed E-state index contributed by atoms with van der Waals surface area (Å²) in [5.74, 6) is 0.454. The second kappa shape index (κ2) is 7.17. The lowest BCUT2D eigenvalue weighted by molar-refractivity contribution is -0.116. The van der Waals surface area contributed by atoms with E-state index < -0.39 is 0 Å². The van der Waals surface area contributed by atoms with Gasteiger partial charge in [0, 0.05) is 18.0 Å². The van der Waals surface area contributed by atoms with E-state index in [1.54, 1.807) is 5.01 Å². The van der Waals surface area contributed by atoms with Crippen molar-refractivity contribution >= 4 is 35.0 Å². The van der Waals surface area contributed by atoms with Crippen LogP contribution < -0.4 is 10.3 Å². The maximum absolute atomic E-state index is 11.7. The van der Waals surface area contributed by atoms with E-state index >= 15 is 0 Å². The van der Waals surface area contributed by atoms with Crippen LogP contribution in [0.25, 0.3) is 0 Å². The normalized spacial score (nSPS) is 13.7. The van der Waals surface area contributed by atoms with E-state index in [0.29, 0.717) is 25.5 Å². The smallest absolute Gasteiger partial charge is 0.407 e. The summed E-state index contributed by atoms with van der Waals surface area (Å²) in [6, 6.07) is 5.65. The molecule has 6 nitrogen and oxygen atoms in total. The van der Waals surface area contributed by atoms with Crippen molar-refractivity contribution < 1.29 is 14.3 Å². The molecule has 0 saturated heterocycles. The van der Waals surface area contributed by atoms with Gasteiger partial charge in [0.2, 0.25) is 5.91 Å². The largest absolute Gasteiger partial charge is 0.453 e. The number of nitrogens with zero attached hydrogens (tertiary/aromatic N) is 2. The van der Waals surface area contributed by atoms with Gasteiger partial charge in [-0.15, -0.1) is 11.6 Å². The van der Waals surface area contributed by atoms with Crippen molar-refractivity contribution in [1.29, 1.82) is 0 Å². The second-order valence-corrected chi connectivity index (χ2v) is 4.96. The molecule has 0 spiro atoms. The fourth-order valence-electron chi connectivity index (χ4n) is 1.89. The Morgan fingerprint density at radius 1 is 1.57 bits per heavy atom. The van der Waals surface area contributed by atoms with Gasteiger partial charge >= 0.3 is 6.08 Å². The Balaban J connectivity index is 2.04. The second-order valence-electron chi connectivity index (χ2n) is 4.58. The van der Waals surface area contributed by atoms with E-state index in [9.17, 15) is 4.79 Å². The van der Waals surface area contributed by atoms with E-state index in [0.717, 1.165) is 16.9 Å². The highest BCUT2D eigenvalue weighted by molar-refractivity contribution is 6.18. The average Bonchev–Trinajstić information content (AvgIpc) is 2.96. The first-order valence-electron chi connectivity index (χ1n) is 6.63. The molecule has 0 saturated carbocycles. The number of carbonyl (C=O) groups excluding carboxylic acids is 1. The van der Waals surface area contributed by atoms with Crippen molar-refractivity contribution in [3.8, 4) is 0 Å². The predicted octanol–water partition coefficient (Wildman–Crippen LogP) is 2.66. The predicted molar refractivity (Wildman–Crippen MR) is 82.6 cm³/mol. The summed E-state index contributed by atoms with van der Waals surface area (Å²) in [6.45, 7) is 2.24. The lowest BCUT2D eigenvalue weighted by atomic mass is 10.1. The maximum atomic E-state index is 11.7. The molecular weight excluding hydrogens is 294 g/mol. The molecule has 0 fully saturated rings. The fraction of sp³-hybridized carbons (Fsp3) is 0.429. The monoisotopic (exact) mass is 311 g/mol. The number of aryl methyl sites for hydroxylation is 1. The first-order chi connectivity index (χ1) is 10.1. The molecule has 0 atom stereocenters. The number of hydrogen-bond acceptors (Lipinski definition) is 5. The zero-order chi connectivity index (χ0) is 15.2. The Labute approximate surface area is 128 Å². The summed E-state index contributed by atoms with van der Waals surface area (Å²) >= 11 is 5.58. The number of rotatable bonds is 5. The van der Waals surface area contributed by atoms with Gasteiger partial charge in [0.25, 0.3) is 0 Å². The molecular formula is C14H18ClN3O3. The number of methoxy groups -OCH3 is 1. The number of alkyl halides is 1. The minimum atomic E-state index is -0.0318. The van der Waals surface area contributed by atoms with Crippen LogP contribution in [0.15, 0.2) is 23.3 Å². The molecule has 1 amide bonds. The first-order valence-corrected chi connectivity index (χ1v) is 7.17. The maximum Gasteiger partial charge on any atom is 0.407 e. The number of hydrazone groups is 1. The number of nitrogens with one attached hydrogen (secondary N) is 1. The molecule has 0 bridgehead atoms. The Morgan fingerprint density at radius 2 is 2.38 bits per heavy atom. The van der Waals surface area contributed by atoms with Crippen LogP contribution in [0.4, 0.5) is 11.4 Å². The highest BCUT2D eigenvalue weighted by Crippen LogP contribution is 2.25. The molecule has 1 aliphatic rings. The fourth-order valence-corrected chi connectivity index (χ4v) is 2.03. The molecule has 0 unspecified atom stereocenters.